The lowest BCUT2D eigenvalue weighted by Crippen LogP contribution is -2.24. The number of benzene rings is 1. The zero-order chi connectivity index (χ0) is 17.2. The molecule has 0 atom stereocenters. The summed E-state index contributed by atoms with van der Waals surface area (Å²) in [5.74, 6) is 1.45. The van der Waals surface area contributed by atoms with Gasteiger partial charge in [-0.2, -0.15) is 0 Å². The highest BCUT2D eigenvalue weighted by Gasteiger charge is 2.14. The summed E-state index contributed by atoms with van der Waals surface area (Å²) in [6.07, 6.45) is 4.12. The standard InChI is InChI=1S/C19H19N3O3/c1-2-22-11-14(15-4-3-7-20-19(15)22)9-18(23)21-10-13-5-6-16-17(8-13)25-12-24-16/h3-8,11H,2,9-10,12H2,1H3,(H,21,23). The molecule has 0 spiro atoms. The molecule has 0 saturated carbocycles. The highest BCUT2D eigenvalue weighted by atomic mass is 16.7. The molecule has 0 bridgehead atoms. The van der Waals surface area contributed by atoms with Crippen LogP contribution in [0.5, 0.6) is 11.5 Å². The van der Waals surface area contributed by atoms with Crippen LogP contribution < -0.4 is 14.8 Å². The van der Waals surface area contributed by atoms with Gasteiger partial charge < -0.3 is 19.4 Å². The van der Waals surface area contributed by atoms with E-state index in [1.807, 2.05) is 36.5 Å². The van der Waals surface area contributed by atoms with Crippen LogP contribution in [-0.4, -0.2) is 22.3 Å². The number of hydrogen-bond donors (Lipinski definition) is 1. The number of ether oxygens (including phenoxy) is 2. The van der Waals surface area contributed by atoms with Gasteiger partial charge in [-0.3, -0.25) is 4.79 Å². The predicted molar refractivity (Wildman–Crippen MR) is 93.5 cm³/mol. The lowest BCUT2D eigenvalue weighted by atomic mass is 10.1. The van der Waals surface area contributed by atoms with Gasteiger partial charge in [-0.25, -0.2) is 4.98 Å². The number of carbonyl (C=O) groups excluding carboxylic acids is 1. The van der Waals surface area contributed by atoms with Crippen molar-refractivity contribution >= 4 is 16.9 Å². The molecule has 1 aromatic carbocycles. The van der Waals surface area contributed by atoms with Crippen LogP contribution in [0.4, 0.5) is 0 Å². The highest BCUT2D eigenvalue weighted by molar-refractivity contribution is 5.87. The Morgan fingerprint density at radius 3 is 3.04 bits per heavy atom. The molecule has 3 heterocycles. The second-order valence-electron chi connectivity index (χ2n) is 5.96. The van der Waals surface area contributed by atoms with E-state index in [2.05, 4.69) is 21.8 Å². The Labute approximate surface area is 145 Å². The molecule has 2 aromatic heterocycles. The van der Waals surface area contributed by atoms with Crippen molar-refractivity contribution in [3.05, 3.63) is 53.9 Å². The van der Waals surface area contributed by atoms with E-state index < -0.39 is 0 Å². The summed E-state index contributed by atoms with van der Waals surface area (Å²) < 4.78 is 12.7. The molecule has 25 heavy (non-hydrogen) atoms. The van der Waals surface area contributed by atoms with Crippen molar-refractivity contribution in [2.24, 2.45) is 0 Å². The van der Waals surface area contributed by atoms with E-state index in [1.54, 1.807) is 6.20 Å². The Balaban J connectivity index is 1.44. The van der Waals surface area contributed by atoms with E-state index in [9.17, 15) is 4.79 Å². The molecule has 1 N–H and O–H groups in total. The van der Waals surface area contributed by atoms with Gasteiger partial charge in [-0.15, -0.1) is 0 Å². The third-order valence-electron chi connectivity index (χ3n) is 4.33. The lowest BCUT2D eigenvalue weighted by molar-refractivity contribution is -0.120. The lowest BCUT2D eigenvalue weighted by Gasteiger charge is -2.06. The van der Waals surface area contributed by atoms with Gasteiger partial charge in [-0.05, 0) is 42.3 Å². The Kier molecular flexibility index (Phi) is 4.01. The number of pyridine rings is 1. The summed E-state index contributed by atoms with van der Waals surface area (Å²) in [6, 6.07) is 9.60. The monoisotopic (exact) mass is 337 g/mol. The molecule has 3 aromatic rings. The first-order chi connectivity index (χ1) is 12.2. The van der Waals surface area contributed by atoms with E-state index in [1.165, 1.54) is 0 Å². The van der Waals surface area contributed by atoms with Gasteiger partial charge in [0.15, 0.2) is 11.5 Å². The highest BCUT2D eigenvalue weighted by Crippen LogP contribution is 2.32. The van der Waals surface area contributed by atoms with Crippen LogP contribution in [0.25, 0.3) is 11.0 Å². The normalized spacial score (nSPS) is 12.5. The molecule has 1 amide bonds. The maximum absolute atomic E-state index is 12.4. The minimum atomic E-state index is -0.0170. The zero-order valence-electron chi connectivity index (χ0n) is 14.0. The van der Waals surface area contributed by atoms with Crippen molar-refractivity contribution in [1.29, 1.82) is 0 Å². The minimum absolute atomic E-state index is 0.0170. The van der Waals surface area contributed by atoms with E-state index in [0.717, 1.165) is 40.2 Å². The number of nitrogens with one attached hydrogen (secondary N) is 1. The third-order valence-corrected chi connectivity index (χ3v) is 4.33. The van der Waals surface area contributed by atoms with Gasteiger partial charge >= 0.3 is 0 Å². The molecule has 0 fully saturated rings. The van der Waals surface area contributed by atoms with Crippen LogP contribution >= 0.6 is 0 Å². The molecule has 128 valence electrons. The van der Waals surface area contributed by atoms with Crippen LogP contribution in [0.15, 0.2) is 42.7 Å². The molecule has 0 aliphatic carbocycles. The molecule has 1 aliphatic rings. The number of hydrogen-bond acceptors (Lipinski definition) is 4. The van der Waals surface area contributed by atoms with Crippen molar-refractivity contribution in [3.8, 4) is 11.5 Å². The fraction of sp³-hybridized carbons (Fsp3) is 0.263. The van der Waals surface area contributed by atoms with Crippen LogP contribution in [0.1, 0.15) is 18.1 Å². The van der Waals surface area contributed by atoms with Crippen LogP contribution in [0.2, 0.25) is 0 Å². The SMILES string of the molecule is CCn1cc(CC(=O)NCc2ccc3c(c2)OCO3)c2cccnc21. The van der Waals surface area contributed by atoms with Crippen molar-refractivity contribution < 1.29 is 14.3 Å². The van der Waals surface area contributed by atoms with Crippen molar-refractivity contribution in [3.63, 3.8) is 0 Å². The van der Waals surface area contributed by atoms with Gasteiger partial charge in [0, 0.05) is 30.9 Å². The molecule has 1 aliphatic heterocycles. The molecular formula is C19H19N3O3. The topological polar surface area (TPSA) is 65.4 Å². The summed E-state index contributed by atoms with van der Waals surface area (Å²) in [5.41, 5.74) is 2.90. The molecule has 0 saturated heterocycles. The average molecular weight is 337 g/mol. The Hall–Kier alpha value is -3.02. The van der Waals surface area contributed by atoms with Gasteiger partial charge in [-0.1, -0.05) is 6.07 Å². The van der Waals surface area contributed by atoms with Crippen LogP contribution in [0, 0.1) is 0 Å². The maximum atomic E-state index is 12.4. The fourth-order valence-electron chi connectivity index (χ4n) is 3.06. The number of aryl methyl sites for hydroxylation is 1. The van der Waals surface area contributed by atoms with Gasteiger partial charge in [0.2, 0.25) is 12.7 Å². The zero-order valence-corrected chi connectivity index (χ0v) is 14.0. The Morgan fingerprint density at radius 2 is 2.16 bits per heavy atom. The Bertz CT molecular complexity index is 933. The van der Waals surface area contributed by atoms with Gasteiger partial charge in [0.25, 0.3) is 0 Å². The largest absolute Gasteiger partial charge is 0.454 e. The van der Waals surface area contributed by atoms with Crippen molar-refractivity contribution in [2.75, 3.05) is 6.79 Å². The first-order valence-corrected chi connectivity index (χ1v) is 8.32. The molecular weight excluding hydrogens is 318 g/mol. The van der Waals surface area contributed by atoms with Crippen molar-refractivity contribution in [2.45, 2.75) is 26.4 Å². The first kappa shape index (κ1) is 15.5. The number of nitrogens with zero attached hydrogens (tertiary/aromatic N) is 2. The number of rotatable bonds is 5. The second-order valence-corrected chi connectivity index (χ2v) is 5.96. The quantitative estimate of drug-likeness (QED) is 0.777. The molecule has 6 nitrogen and oxygen atoms in total. The van der Waals surface area contributed by atoms with Gasteiger partial charge in [0.1, 0.15) is 5.65 Å². The van der Waals surface area contributed by atoms with E-state index in [4.69, 9.17) is 9.47 Å². The van der Waals surface area contributed by atoms with Crippen molar-refractivity contribution in [1.82, 2.24) is 14.9 Å². The minimum Gasteiger partial charge on any atom is -0.454 e. The smallest absolute Gasteiger partial charge is 0.231 e. The third kappa shape index (κ3) is 3.03. The fourth-order valence-corrected chi connectivity index (χ4v) is 3.06. The molecule has 0 radical (unpaired) electrons. The van der Waals surface area contributed by atoms with E-state index in [-0.39, 0.29) is 12.7 Å². The number of carbonyl (C=O) groups is 1. The van der Waals surface area contributed by atoms with E-state index >= 15 is 0 Å². The number of aromatic nitrogens is 2. The predicted octanol–water partition coefficient (Wildman–Crippen LogP) is 2.64. The Morgan fingerprint density at radius 1 is 1.28 bits per heavy atom. The molecule has 0 unspecified atom stereocenters. The first-order valence-electron chi connectivity index (χ1n) is 8.32. The summed E-state index contributed by atoms with van der Waals surface area (Å²) in [4.78, 5) is 16.8. The average Bonchev–Trinajstić information content (AvgIpc) is 3.24. The number of amides is 1. The summed E-state index contributed by atoms with van der Waals surface area (Å²) in [5, 5.41) is 4.00. The van der Waals surface area contributed by atoms with Gasteiger partial charge in [0.05, 0.1) is 6.42 Å². The molecule has 4 rings (SSSR count). The summed E-state index contributed by atoms with van der Waals surface area (Å²) in [7, 11) is 0. The second kappa shape index (κ2) is 6.47. The van der Waals surface area contributed by atoms with E-state index in [0.29, 0.717) is 13.0 Å². The summed E-state index contributed by atoms with van der Waals surface area (Å²) >= 11 is 0. The van der Waals surface area contributed by atoms with Crippen LogP contribution in [-0.2, 0) is 24.3 Å². The van der Waals surface area contributed by atoms with Crippen LogP contribution in [0.3, 0.4) is 0 Å². The number of fused-ring (bicyclic) bond motifs is 2. The summed E-state index contributed by atoms with van der Waals surface area (Å²) in [6.45, 7) is 3.60. The maximum Gasteiger partial charge on any atom is 0.231 e. The molecule has 6 heteroatoms.